The zero-order valence-corrected chi connectivity index (χ0v) is 9.20. The fourth-order valence-electron chi connectivity index (χ4n) is 1.84. The second kappa shape index (κ2) is 3.96. The van der Waals surface area contributed by atoms with Gasteiger partial charge in [0.2, 0.25) is 5.76 Å². The molecule has 0 radical (unpaired) electrons. The van der Waals surface area contributed by atoms with Crippen molar-refractivity contribution in [3.63, 3.8) is 0 Å². The van der Waals surface area contributed by atoms with Crippen molar-refractivity contribution >= 4 is 16.7 Å². The first-order valence-corrected chi connectivity index (χ1v) is 5.29. The Morgan fingerprint density at radius 3 is 2.94 bits per heavy atom. The van der Waals surface area contributed by atoms with E-state index >= 15 is 0 Å². The fraction of sp³-hybridized carbons (Fsp3) is 0. The molecule has 2 heterocycles. The van der Waals surface area contributed by atoms with E-state index in [4.69, 9.17) is 9.63 Å². The molecular weight excluding hydrogens is 232 g/mol. The highest BCUT2D eigenvalue weighted by molar-refractivity contribution is 5.96. The largest absolute Gasteiger partial charge is 0.475 e. The average molecular weight is 240 g/mol. The van der Waals surface area contributed by atoms with E-state index in [9.17, 15) is 4.79 Å². The molecule has 1 N–H and O–H groups in total. The standard InChI is InChI=1S/C13H8N2O3/c16-13(17)12-6-11(15-18-12)9-3-1-2-8-4-5-14-7-10(8)9/h1-7H,(H,16,17). The van der Waals surface area contributed by atoms with Crippen molar-refractivity contribution in [3.8, 4) is 11.3 Å². The Kier molecular flexibility index (Phi) is 2.30. The maximum Gasteiger partial charge on any atom is 0.374 e. The van der Waals surface area contributed by atoms with Gasteiger partial charge < -0.3 is 9.63 Å². The third-order valence-corrected chi connectivity index (χ3v) is 2.68. The number of nitrogens with zero attached hydrogens (tertiary/aromatic N) is 2. The van der Waals surface area contributed by atoms with Gasteiger partial charge in [-0.3, -0.25) is 4.98 Å². The van der Waals surface area contributed by atoms with Gasteiger partial charge in [0.15, 0.2) is 0 Å². The van der Waals surface area contributed by atoms with Crippen LogP contribution < -0.4 is 0 Å². The second-order valence-electron chi connectivity index (χ2n) is 3.78. The molecule has 0 saturated heterocycles. The van der Waals surface area contributed by atoms with Gasteiger partial charge in [0.25, 0.3) is 0 Å². The number of aromatic nitrogens is 2. The molecule has 5 heteroatoms. The van der Waals surface area contributed by atoms with E-state index in [1.807, 2.05) is 24.3 Å². The van der Waals surface area contributed by atoms with Gasteiger partial charge >= 0.3 is 5.97 Å². The fourth-order valence-corrected chi connectivity index (χ4v) is 1.84. The van der Waals surface area contributed by atoms with Crippen LogP contribution in [0.4, 0.5) is 0 Å². The lowest BCUT2D eigenvalue weighted by atomic mass is 10.0. The molecule has 18 heavy (non-hydrogen) atoms. The van der Waals surface area contributed by atoms with Gasteiger partial charge in [0.05, 0.1) is 0 Å². The number of carboxylic acid groups (broad SMARTS) is 1. The Morgan fingerprint density at radius 1 is 1.28 bits per heavy atom. The molecule has 0 unspecified atom stereocenters. The molecule has 88 valence electrons. The van der Waals surface area contributed by atoms with E-state index < -0.39 is 5.97 Å². The highest BCUT2D eigenvalue weighted by Gasteiger charge is 2.13. The van der Waals surface area contributed by atoms with Gasteiger partial charge in [0, 0.05) is 29.4 Å². The van der Waals surface area contributed by atoms with E-state index in [0.717, 1.165) is 16.3 Å². The first-order chi connectivity index (χ1) is 8.75. The summed E-state index contributed by atoms with van der Waals surface area (Å²) >= 11 is 0. The quantitative estimate of drug-likeness (QED) is 0.745. The Bertz CT molecular complexity index is 728. The van der Waals surface area contributed by atoms with Gasteiger partial charge in [-0.05, 0) is 11.5 Å². The van der Waals surface area contributed by atoms with E-state index in [0.29, 0.717) is 5.69 Å². The molecule has 0 bridgehead atoms. The third-order valence-electron chi connectivity index (χ3n) is 2.68. The van der Waals surface area contributed by atoms with Crippen LogP contribution in [0.15, 0.2) is 47.2 Å². The minimum atomic E-state index is -1.13. The highest BCUT2D eigenvalue weighted by Crippen LogP contribution is 2.27. The molecular formula is C13H8N2O3. The van der Waals surface area contributed by atoms with E-state index in [2.05, 4.69) is 10.1 Å². The van der Waals surface area contributed by atoms with Gasteiger partial charge in [-0.2, -0.15) is 0 Å². The predicted molar refractivity (Wildman–Crippen MR) is 64.2 cm³/mol. The topological polar surface area (TPSA) is 76.2 Å². The molecule has 0 atom stereocenters. The molecule has 2 aromatic heterocycles. The molecule has 1 aromatic carbocycles. The van der Waals surface area contributed by atoms with Gasteiger partial charge in [-0.15, -0.1) is 0 Å². The summed E-state index contributed by atoms with van der Waals surface area (Å²) < 4.78 is 4.76. The average Bonchev–Trinajstić information content (AvgIpc) is 2.87. The second-order valence-corrected chi connectivity index (χ2v) is 3.78. The van der Waals surface area contributed by atoms with Crippen LogP contribution in [-0.2, 0) is 0 Å². The van der Waals surface area contributed by atoms with Crippen molar-refractivity contribution in [2.45, 2.75) is 0 Å². The van der Waals surface area contributed by atoms with Crippen LogP contribution in [-0.4, -0.2) is 21.2 Å². The Labute approximate surface area is 102 Å². The van der Waals surface area contributed by atoms with Crippen LogP contribution in [0.1, 0.15) is 10.6 Å². The van der Waals surface area contributed by atoms with Crippen LogP contribution in [0.25, 0.3) is 22.0 Å². The Balaban J connectivity index is 2.21. The van der Waals surface area contributed by atoms with Crippen LogP contribution in [0.2, 0.25) is 0 Å². The van der Waals surface area contributed by atoms with Crippen molar-refractivity contribution in [1.29, 1.82) is 0 Å². The maximum absolute atomic E-state index is 10.8. The zero-order valence-electron chi connectivity index (χ0n) is 9.20. The summed E-state index contributed by atoms with van der Waals surface area (Å²) in [5.74, 6) is -1.31. The molecule has 0 amide bonds. The summed E-state index contributed by atoms with van der Waals surface area (Å²) in [5.41, 5.74) is 1.29. The lowest BCUT2D eigenvalue weighted by Gasteiger charge is -2.01. The number of hydrogen-bond donors (Lipinski definition) is 1. The summed E-state index contributed by atoms with van der Waals surface area (Å²) in [7, 11) is 0. The number of rotatable bonds is 2. The SMILES string of the molecule is O=C(O)c1cc(-c2cccc3ccncc23)no1. The minimum Gasteiger partial charge on any atom is -0.475 e. The van der Waals surface area contributed by atoms with Crippen molar-refractivity contribution in [1.82, 2.24) is 10.1 Å². The summed E-state index contributed by atoms with van der Waals surface area (Å²) in [5, 5.41) is 14.5. The van der Waals surface area contributed by atoms with Crippen LogP contribution in [0, 0.1) is 0 Å². The number of benzene rings is 1. The van der Waals surface area contributed by atoms with Crippen molar-refractivity contribution < 1.29 is 14.4 Å². The first kappa shape index (κ1) is 10.5. The molecule has 0 aliphatic carbocycles. The number of carbonyl (C=O) groups is 1. The molecule has 0 aliphatic heterocycles. The molecule has 5 nitrogen and oxygen atoms in total. The number of hydrogen-bond acceptors (Lipinski definition) is 4. The van der Waals surface area contributed by atoms with Gasteiger partial charge in [-0.1, -0.05) is 23.4 Å². The summed E-state index contributed by atoms with van der Waals surface area (Å²) in [6.07, 6.45) is 3.43. The monoisotopic (exact) mass is 240 g/mol. The van der Waals surface area contributed by atoms with E-state index in [-0.39, 0.29) is 5.76 Å². The van der Waals surface area contributed by atoms with Gasteiger partial charge in [-0.25, -0.2) is 4.79 Å². The minimum absolute atomic E-state index is 0.175. The number of fused-ring (bicyclic) bond motifs is 1. The van der Waals surface area contributed by atoms with Crippen molar-refractivity contribution in [2.75, 3.05) is 0 Å². The smallest absolute Gasteiger partial charge is 0.374 e. The van der Waals surface area contributed by atoms with E-state index in [1.165, 1.54) is 6.07 Å². The lowest BCUT2D eigenvalue weighted by molar-refractivity contribution is 0.0652. The van der Waals surface area contributed by atoms with Crippen molar-refractivity contribution in [3.05, 3.63) is 48.5 Å². The highest BCUT2D eigenvalue weighted by atomic mass is 16.5. The maximum atomic E-state index is 10.8. The number of pyridine rings is 1. The lowest BCUT2D eigenvalue weighted by Crippen LogP contribution is -1.91. The first-order valence-electron chi connectivity index (χ1n) is 5.29. The summed E-state index contributed by atoms with van der Waals surface area (Å²) in [6.45, 7) is 0. The van der Waals surface area contributed by atoms with Crippen LogP contribution >= 0.6 is 0 Å². The Morgan fingerprint density at radius 2 is 2.17 bits per heavy atom. The van der Waals surface area contributed by atoms with Crippen LogP contribution in [0.5, 0.6) is 0 Å². The molecule has 3 rings (SSSR count). The molecule has 0 fully saturated rings. The molecule has 3 aromatic rings. The summed E-state index contributed by atoms with van der Waals surface area (Å²) in [4.78, 5) is 14.8. The predicted octanol–water partition coefficient (Wildman–Crippen LogP) is 2.59. The molecule has 0 spiro atoms. The zero-order chi connectivity index (χ0) is 12.5. The third kappa shape index (κ3) is 1.62. The molecule has 0 saturated carbocycles. The molecule has 0 aliphatic rings. The summed E-state index contributed by atoms with van der Waals surface area (Å²) in [6, 6.07) is 8.99. The Hall–Kier alpha value is -2.69. The number of carboxylic acids is 1. The number of aromatic carboxylic acids is 1. The normalized spacial score (nSPS) is 10.7. The van der Waals surface area contributed by atoms with Crippen LogP contribution in [0.3, 0.4) is 0 Å². The van der Waals surface area contributed by atoms with Crippen molar-refractivity contribution in [2.24, 2.45) is 0 Å². The van der Waals surface area contributed by atoms with E-state index in [1.54, 1.807) is 12.4 Å². The van der Waals surface area contributed by atoms with Gasteiger partial charge in [0.1, 0.15) is 5.69 Å².